The maximum atomic E-state index is 12.0. The van der Waals surface area contributed by atoms with Gasteiger partial charge in [0.2, 0.25) is 0 Å². The van der Waals surface area contributed by atoms with Gasteiger partial charge in [0.05, 0.1) is 18.7 Å². The van der Waals surface area contributed by atoms with E-state index >= 15 is 0 Å². The van der Waals surface area contributed by atoms with Crippen LogP contribution in [0.1, 0.15) is 30.1 Å². The fourth-order valence-corrected chi connectivity index (χ4v) is 3.32. The summed E-state index contributed by atoms with van der Waals surface area (Å²) in [5.41, 5.74) is 2.40. The Bertz CT molecular complexity index is 512. The molecule has 2 aliphatic heterocycles. The fraction of sp³-hybridized carbons (Fsp3) is 0.308. The number of halogens is 1. The third-order valence-electron chi connectivity index (χ3n) is 3.24. The van der Waals surface area contributed by atoms with E-state index in [-0.39, 0.29) is 18.2 Å². The van der Waals surface area contributed by atoms with Gasteiger partial charge in [0, 0.05) is 4.48 Å². The predicted molar refractivity (Wildman–Crippen MR) is 67.8 cm³/mol. The van der Waals surface area contributed by atoms with E-state index in [9.17, 15) is 4.79 Å². The molecule has 0 radical (unpaired) electrons. The minimum atomic E-state index is -0.246. The monoisotopic (exact) mass is 293 g/mol. The average molecular weight is 294 g/mol. The molecule has 4 heteroatoms. The Morgan fingerprint density at radius 1 is 1.41 bits per heavy atom. The van der Waals surface area contributed by atoms with Gasteiger partial charge in [0.15, 0.2) is 0 Å². The Hall–Kier alpha value is -1.29. The van der Waals surface area contributed by atoms with Crippen LogP contribution in [0.3, 0.4) is 0 Å². The van der Waals surface area contributed by atoms with E-state index in [1.54, 1.807) is 4.90 Å². The summed E-state index contributed by atoms with van der Waals surface area (Å²) in [7, 11) is 0. The Balaban J connectivity index is 2.01. The molecule has 0 saturated carbocycles. The van der Waals surface area contributed by atoms with Crippen molar-refractivity contribution in [2.75, 3.05) is 6.61 Å². The van der Waals surface area contributed by atoms with Crippen LogP contribution in [0.2, 0.25) is 0 Å². The molecular formula is C13H12BrNO2. The molecule has 2 aliphatic rings. The Morgan fingerprint density at radius 3 is 2.82 bits per heavy atom. The summed E-state index contributed by atoms with van der Waals surface area (Å²) in [6.07, 6.45) is 1.83. The fourth-order valence-electron chi connectivity index (χ4n) is 2.60. The highest BCUT2D eigenvalue weighted by Crippen LogP contribution is 2.54. The molecule has 0 aromatic heterocycles. The van der Waals surface area contributed by atoms with Crippen LogP contribution in [0.4, 0.5) is 4.79 Å². The Morgan fingerprint density at radius 2 is 2.12 bits per heavy atom. The first-order chi connectivity index (χ1) is 8.24. The highest BCUT2D eigenvalue weighted by Gasteiger charge is 2.47. The van der Waals surface area contributed by atoms with Gasteiger partial charge in [0.1, 0.15) is 0 Å². The van der Waals surface area contributed by atoms with Gasteiger partial charge >= 0.3 is 6.09 Å². The van der Waals surface area contributed by atoms with Gasteiger partial charge in [-0.2, -0.15) is 0 Å². The van der Waals surface area contributed by atoms with E-state index in [1.807, 2.05) is 19.1 Å². The van der Waals surface area contributed by atoms with Crippen molar-refractivity contribution in [3.63, 3.8) is 0 Å². The zero-order valence-corrected chi connectivity index (χ0v) is 11.0. The summed E-state index contributed by atoms with van der Waals surface area (Å²) < 4.78 is 6.17. The average Bonchev–Trinajstić information content (AvgIpc) is 2.82. The van der Waals surface area contributed by atoms with Crippen LogP contribution >= 0.6 is 15.9 Å². The van der Waals surface area contributed by atoms with Gasteiger partial charge in [-0.3, -0.25) is 4.90 Å². The van der Waals surface area contributed by atoms with Gasteiger partial charge in [-0.15, -0.1) is 0 Å². The van der Waals surface area contributed by atoms with Crippen molar-refractivity contribution in [3.05, 3.63) is 46.0 Å². The van der Waals surface area contributed by atoms with Crippen molar-refractivity contribution in [3.8, 4) is 0 Å². The van der Waals surface area contributed by atoms with Crippen LogP contribution in [-0.4, -0.2) is 17.6 Å². The number of ether oxygens (including phenoxy) is 1. The number of amides is 1. The molecule has 2 atom stereocenters. The number of hydrogen-bond acceptors (Lipinski definition) is 2. The summed E-state index contributed by atoms with van der Waals surface area (Å²) in [6, 6.07) is 8.16. The van der Waals surface area contributed by atoms with Crippen LogP contribution < -0.4 is 0 Å². The second kappa shape index (κ2) is 3.88. The lowest BCUT2D eigenvalue weighted by Gasteiger charge is -2.22. The number of nitrogens with zero attached hydrogens (tertiary/aromatic N) is 1. The normalized spacial score (nSPS) is 24.6. The highest BCUT2D eigenvalue weighted by atomic mass is 79.9. The third kappa shape index (κ3) is 1.43. The van der Waals surface area contributed by atoms with E-state index in [0.29, 0.717) is 6.61 Å². The molecule has 1 amide bonds. The lowest BCUT2D eigenvalue weighted by atomic mass is 9.97. The van der Waals surface area contributed by atoms with Crippen LogP contribution in [0, 0.1) is 0 Å². The van der Waals surface area contributed by atoms with E-state index in [4.69, 9.17) is 4.74 Å². The summed E-state index contributed by atoms with van der Waals surface area (Å²) in [5, 5.41) is 0. The lowest BCUT2D eigenvalue weighted by Crippen LogP contribution is -2.29. The third-order valence-corrected chi connectivity index (χ3v) is 3.94. The lowest BCUT2D eigenvalue weighted by molar-refractivity contribution is 0.0978. The maximum absolute atomic E-state index is 12.0. The quantitative estimate of drug-likeness (QED) is 0.793. The number of carbonyl (C=O) groups excluding carboxylic acids is 1. The zero-order valence-electron chi connectivity index (χ0n) is 9.39. The standard InChI is InChI=1S/C13H12BrNO2/c1-2-17-13(16)15-11-7-10(14)12(15)9-6-4-3-5-8(9)11/h3-7,11-12H,2H2,1H3. The second-order valence-electron chi connectivity index (χ2n) is 4.13. The van der Waals surface area contributed by atoms with Crippen molar-refractivity contribution in [2.24, 2.45) is 0 Å². The first-order valence-electron chi connectivity index (χ1n) is 5.65. The van der Waals surface area contributed by atoms with Crippen molar-refractivity contribution in [1.82, 2.24) is 4.90 Å². The van der Waals surface area contributed by atoms with Gasteiger partial charge in [-0.25, -0.2) is 4.79 Å². The molecule has 2 unspecified atom stereocenters. The molecule has 0 fully saturated rings. The molecule has 3 nitrogen and oxygen atoms in total. The molecule has 2 bridgehead atoms. The van der Waals surface area contributed by atoms with E-state index in [1.165, 1.54) is 11.1 Å². The number of carbonyl (C=O) groups is 1. The molecule has 17 heavy (non-hydrogen) atoms. The number of fused-ring (bicyclic) bond motifs is 5. The van der Waals surface area contributed by atoms with E-state index < -0.39 is 0 Å². The van der Waals surface area contributed by atoms with Crippen molar-refractivity contribution < 1.29 is 9.53 Å². The van der Waals surface area contributed by atoms with Crippen molar-refractivity contribution in [1.29, 1.82) is 0 Å². The molecule has 0 N–H and O–H groups in total. The van der Waals surface area contributed by atoms with Crippen molar-refractivity contribution >= 4 is 22.0 Å². The number of benzene rings is 1. The largest absolute Gasteiger partial charge is 0.450 e. The van der Waals surface area contributed by atoms with E-state index in [0.717, 1.165) is 4.48 Å². The summed E-state index contributed by atoms with van der Waals surface area (Å²) in [5.74, 6) is 0. The van der Waals surface area contributed by atoms with Crippen LogP contribution in [0.5, 0.6) is 0 Å². The second-order valence-corrected chi connectivity index (χ2v) is 5.05. The molecular weight excluding hydrogens is 282 g/mol. The van der Waals surface area contributed by atoms with Crippen LogP contribution in [-0.2, 0) is 4.74 Å². The molecule has 1 aromatic carbocycles. The summed E-state index contributed by atoms with van der Waals surface area (Å²) in [6.45, 7) is 2.23. The molecule has 88 valence electrons. The molecule has 0 saturated heterocycles. The first kappa shape index (κ1) is 10.8. The van der Waals surface area contributed by atoms with Gasteiger partial charge in [-0.1, -0.05) is 40.2 Å². The van der Waals surface area contributed by atoms with Gasteiger partial charge < -0.3 is 4.74 Å². The topological polar surface area (TPSA) is 29.5 Å². The van der Waals surface area contributed by atoms with E-state index in [2.05, 4.69) is 34.1 Å². The number of hydrogen-bond donors (Lipinski definition) is 0. The SMILES string of the molecule is CCOC(=O)N1C2C=C(Br)C1c1ccccc12. The summed E-state index contributed by atoms with van der Waals surface area (Å²) in [4.78, 5) is 13.8. The predicted octanol–water partition coefficient (Wildman–Crippen LogP) is 3.53. The van der Waals surface area contributed by atoms with Crippen LogP contribution in [0.25, 0.3) is 0 Å². The molecule has 1 aromatic rings. The van der Waals surface area contributed by atoms with Gasteiger partial charge in [-0.05, 0) is 24.1 Å². The highest BCUT2D eigenvalue weighted by molar-refractivity contribution is 9.11. The Labute approximate surface area is 108 Å². The minimum Gasteiger partial charge on any atom is -0.450 e. The molecule has 3 rings (SSSR count). The molecule has 0 aliphatic carbocycles. The zero-order chi connectivity index (χ0) is 12.0. The smallest absolute Gasteiger partial charge is 0.411 e. The molecule has 0 spiro atoms. The summed E-state index contributed by atoms with van der Waals surface area (Å²) >= 11 is 3.54. The number of rotatable bonds is 1. The first-order valence-corrected chi connectivity index (χ1v) is 6.44. The molecule has 2 heterocycles. The van der Waals surface area contributed by atoms with Crippen LogP contribution in [0.15, 0.2) is 34.8 Å². The minimum absolute atomic E-state index is 0.00440. The maximum Gasteiger partial charge on any atom is 0.411 e. The van der Waals surface area contributed by atoms with Crippen molar-refractivity contribution in [2.45, 2.75) is 19.0 Å². The Kier molecular flexibility index (Phi) is 2.47. The van der Waals surface area contributed by atoms with Gasteiger partial charge in [0.25, 0.3) is 0 Å².